The van der Waals surface area contributed by atoms with Crippen molar-refractivity contribution in [2.75, 3.05) is 0 Å². The number of hydrogen-bond donors (Lipinski definition) is 0. The van der Waals surface area contributed by atoms with Gasteiger partial charge in [-0.05, 0) is 12.1 Å². The highest BCUT2D eigenvalue weighted by Gasteiger charge is 2.95. The van der Waals surface area contributed by atoms with Crippen LogP contribution in [0.15, 0.2) is 24.3 Å². The Hall–Kier alpha value is -1.68. The van der Waals surface area contributed by atoms with Crippen LogP contribution in [0.5, 0.6) is 0 Å². The summed E-state index contributed by atoms with van der Waals surface area (Å²) in [5.41, 5.74) is -2.31. The van der Waals surface area contributed by atoms with Gasteiger partial charge < -0.3 is 0 Å². The zero-order valence-electron chi connectivity index (χ0n) is 14.1. The Balaban J connectivity index is 3.70. The molecule has 0 aromatic heterocycles. The first kappa shape index (κ1) is 28.4. The second-order valence-electron chi connectivity index (χ2n) is 6.03. The molecule has 0 bridgehead atoms. The molecule has 0 radical (unpaired) electrons. The molecule has 0 nitrogen and oxygen atoms in total. The summed E-state index contributed by atoms with van der Waals surface area (Å²) in [6.45, 7) is 0. The van der Waals surface area contributed by atoms with Gasteiger partial charge in [-0.15, -0.1) is 0 Å². The predicted octanol–water partition coefficient (Wildman–Crippen LogP) is 7.81. The van der Waals surface area contributed by atoms with Gasteiger partial charge in [0.1, 0.15) is 0 Å². The number of rotatable bonds is 7. The summed E-state index contributed by atoms with van der Waals surface area (Å²) in [5, 5.41) is -0.523. The zero-order chi connectivity index (χ0) is 26.0. The molecule has 0 heterocycles. The van der Waals surface area contributed by atoms with Gasteiger partial charge in [0.2, 0.25) is 0 Å². The highest BCUT2D eigenvalue weighted by Crippen LogP contribution is 2.65. The molecule has 0 aliphatic rings. The Morgan fingerprint density at radius 3 is 1.00 bits per heavy atom. The molecule has 1 rings (SSSR count). The van der Waals surface area contributed by atoms with Gasteiger partial charge in [-0.1, -0.05) is 23.7 Å². The van der Waals surface area contributed by atoms with Crippen LogP contribution >= 0.6 is 11.6 Å². The molecule has 0 saturated carbocycles. The standard InChI is InChI=1S/C14H4ClF17/c15-6-3-1-5(2-4-6)7(16,17)8(18,19)9(20,21)10(22,23)11(24,25)12(26,27)13(28,29)14(30,31)32/h1-4H. The monoisotopic (exact) mass is 530 g/mol. The van der Waals surface area contributed by atoms with E-state index < -0.39 is 58.2 Å². The lowest BCUT2D eigenvalue weighted by Crippen LogP contribution is -2.74. The number of halogens is 18. The molecule has 0 unspecified atom stereocenters. The van der Waals surface area contributed by atoms with Crippen LogP contribution in [0.25, 0.3) is 0 Å². The van der Waals surface area contributed by atoms with Crippen LogP contribution in [0.2, 0.25) is 5.02 Å². The van der Waals surface area contributed by atoms with Crippen LogP contribution in [0.3, 0.4) is 0 Å². The van der Waals surface area contributed by atoms with Crippen molar-refractivity contribution in [3.8, 4) is 0 Å². The first-order valence-electron chi connectivity index (χ1n) is 7.22. The molecular weight excluding hydrogens is 527 g/mol. The van der Waals surface area contributed by atoms with Crippen LogP contribution in [0, 0.1) is 0 Å². The smallest absolute Gasteiger partial charge is 0.194 e. The van der Waals surface area contributed by atoms with Gasteiger partial charge in [0.25, 0.3) is 0 Å². The Labute approximate surface area is 169 Å². The lowest BCUT2D eigenvalue weighted by Gasteiger charge is -2.42. The second kappa shape index (κ2) is 7.41. The molecule has 186 valence electrons. The van der Waals surface area contributed by atoms with E-state index >= 15 is 0 Å². The highest BCUT2D eigenvalue weighted by atomic mass is 35.5. The third-order valence-electron chi connectivity index (χ3n) is 3.93. The summed E-state index contributed by atoms with van der Waals surface area (Å²) in [7, 11) is 0. The fraction of sp³-hybridized carbons (Fsp3) is 0.571. The highest BCUT2D eigenvalue weighted by molar-refractivity contribution is 6.30. The SMILES string of the molecule is FC(F)(F)C(F)(F)C(F)(F)C(F)(F)C(F)(F)C(F)(F)C(F)(F)C(F)(F)c1ccc(Cl)cc1. The summed E-state index contributed by atoms with van der Waals surface area (Å²) in [5.74, 6) is -56.6. The van der Waals surface area contributed by atoms with Crippen LogP contribution in [0.4, 0.5) is 74.6 Å². The number of alkyl halides is 17. The van der Waals surface area contributed by atoms with Crippen LogP contribution in [-0.2, 0) is 5.92 Å². The van der Waals surface area contributed by atoms with Crippen molar-refractivity contribution in [3.63, 3.8) is 0 Å². The van der Waals surface area contributed by atoms with E-state index in [1.807, 2.05) is 0 Å². The summed E-state index contributed by atoms with van der Waals surface area (Å²) in [4.78, 5) is 0. The van der Waals surface area contributed by atoms with Gasteiger partial charge in [0, 0.05) is 10.6 Å². The van der Waals surface area contributed by atoms with Crippen molar-refractivity contribution in [2.45, 2.75) is 47.6 Å². The molecule has 0 atom stereocenters. The molecule has 32 heavy (non-hydrogen) atoms. The predicted molar refractivity (Wildman–Crippen MR) is 71.1 cm³/mol. The minimum absolute atomic E-state index is 0.199. The molecule has 1 aromatic rings. The fourth-order valence-electron chi connectivity index (χ4n) is 2.00. The lowest BCUT2D eigenvalue weighted by molar-refractivity contribution is -0.462. The fourth-order valence-corrected chi connectivity index (χ4v) is 2.13. The third-order valence-corrected chi connectivity index (χ3v) is 4.18. The Morgan fingerprint density at radius 1 is 0.406 bits per heavy atom. The van der Waals surface area contributed by atoms with Crippen molar-refractivity contribution in [1.29, 1.82) is 0 Å². The Bertz CT molecular complexity index is 821. The lowest BCUT2D eigenvalue weighted by atomic mass is 9.87. The van der Waals surface area contributed by atoms with Crippen molar-refractivity contribution in [2.24, 2.45) is 0 Å². The van der Waals surface area contributed by atoms with E-state index in [9.17, 15) is 74.6 Å². The van der Waals surface area contributed by atoms with E-state index in [4.69, 9.17) is 11.6 Å². The topological polar surface area (TPSA) is 0 Å². The summed E-state index contributed by atoms with van der Waals surface area (Å²) in [6.07, 6.45) is -7.78. The quantitative estimate of drug-likeness (QED) is 0.316. The Morgan fingerprint density at radius 2 is 0.688 bits per heavy atom. The Kier molecular flexibility index (Phi) is 6.57. The van der Waals surface area contributed by atoms with Gasteiger partial charge in [0.15, 0.2) is 0 Å². The molecule has 0 aliphatic carbocycles. The van der Waals surface area contributed by atoms with Crippen molar-refractivity contribution in [3.05, 3.63) is 34.9 Å². The molecule has 1 aromatic carbocycles. The van der Waals surface area contributed by atoms with Gasteiger partial charge in [0.05, 0.1) is 0 Å². The molecular formula is C14H4ClF17. The van der Waals surface area contributed by atoms with Crippen molar-refractivity contribution < 1.29 is 74.6 Å². The molecule has 0 amide bonds. The molecule has 0 fully saturated rings. The van der Waals surface area contributed by atoms with Crippen LogP contribution in [0.1, 0.15) is 5.56 Å². The summed E-state index contributed by atoms with van der Waals surface area (Å²) >= 11 is 5.18. The molecule has 0 N–H and O–H groups in total. The van der Waals surface area contributed by atoms with E-state index in [2.05, 4.69) is 0 Å². The van der Waals surface area contributed by atoms with Crippen molar-refractivity contribution >= 4 is 11.6 Å². The van der Waals surface area contributed by atoms with Gasteiger partial charge in [-0.3, -0.25) is 0 Å². The maximum atomic E-state index is 13.8. The first-order chi connectivity index (χ1) is 13.7. The maximum absolute atomic E-state index is 13.8. The largest absolute Gasteiger partial charge is 0.460 e. The average Bonchev–Trinajstić information content (AvgIpc) is 2.60. The summed E-state index contributed by atoms with van der Waals surface area (Å²) < 4.78 is 223. The first-order valence-corrected chi connectivity index (χ1v) is 7.60. The number of benzene rings is 1. The maximum Gasteiger partial charge on any atom is 0.460 e. The molecule has 18 heteroatoms. The van der Waals surface area contributed by atoms with E-state index in [0.717, 1.165) is 0 Å². The van der Waals surface area contributed by atoms with E-state index in [1.165, 1.54) is 0 Å². The summed E-state index contributed by atoms with van der Waals surface area (Å²) in [6, 6.07) is 0.192. The minimum atomic E-state index is -8.64. The third kappa shape index (κ3) is 3.54. The van der Waals surface area contributed by atoms with E-state index in [0.29, 0.717) is 12.1 Å². The second-order valence-corrected chi connectivity index (χ2v) is 6.46. The molecule has 0 spiro atoms. The normalized spacial score (nSPS) is 15.8. The van der Waals surface area contributed by atoms with Gasteiger partial charge >= 0.3 is 47.6 Å². The van der Waals surface area contributed by atoms with Gasteiger partial charge in [-0.25, -0.2) is 0 Å². The van der Waals surface area contributed by atoms with Crippen molar-refractivity contribution in [1.82, 2.24) is 0 Å². The zero-order valence-corrected chi connectivity index (χ0v) is 14.9. The van der Waals surface area contributed by atoms with E-state index in [-0.39, 0.29) is 12.1 Å². The molecule has 0 aliphatic heterocycles. The van der Waals surface area contributed by atoms with Crippen LogP contribution in [-0.4, -0.2) is 41.7 Å². The van der Waals surface area contributed by atoms with Crippen LogP contribution < -0.4 is 0 Å². The van der Waals surface area contributed by atoms with E-state index in [1.54, 1.807) is 0 Å². The average molecular weight is 531 g/mol. The number of hydrogen-bond acceptors (Lipinski definition) is 0. The van der Waals surface area contributed by atoms with Gasteiger partial charge in [-0.2, -0.15) is 74.6 Å². The minimum Gasteiger partial charge on any atom is -0.194 e. The molecule has 0 saturated heterocycles.